The first-order valence-electron chi connectivity index (χ1n) is 6.22. The zero-order valence-electron chi connectivity index (χ0n) is 10.4. The molecule has 0 aliphatic rings. The molecule has 0 unspecified atom stereocenters. The maximum Gasteiger partial charge on any atom is 0.0958 e. The highest BCUT2D eigenvalue weighted by Crippen LogP contribution is 2.14. The Labute approximate surface area is 116 Å². The van der Waals surface area contributed by atoms with Crippen molar-refractivity contribution < 1.29 is 0 Å². The standard InChI is InChI=1S/C15H14ClN3/c16-12-5-7-13(8-6-12)17-9-10-19-11-18-14-3-1-2-4-15(14)19/h1-8,11,17H,9-10H2. The van der Waals surface area contributed by atoms with Crippen molar-refractivity contribution in [3.63, 3.8) is 0 Å². The zero-order chi connectivity index (χ0) is 13.1. The largest absolute Gasteiger partial charge is 0.383 e. The average molecular weight is 272 g/mol. The first-order chi connectivity index (χ1) is 9.33. The molecule has 0 spiro atoms. The Bertz CT molecular complexity index is 673. The highest BCUT2D eigenvalue weighted by Gasteiger charge is 2.00. The molecule has 1 N–H and O–H groups in total. The van der Waals surface area contributed by atoms with Gasteiger partial charge >= 0.3 is 0 Å². The number of nitrogens with zero attached hydrogens (tertiary/aromatic N) is 2. The Morgan fingerprint density at radius 1 is 1.05 bits per heavy atom. The highest BCUT2D eigenvalue weighted by molar-refractivity contribution is 6.30. The fourth-order valence-corrected chi connectivity index (χ4v) is 2.20. The lowest BCUT2D eigenvalue weighted by Gasteiger charge is -2.08. The number of nitrogens with one attached hydrogen (secondary N) is 1. The van der Waals surface area contributed by atoms with Crippen LogP contribution in [0.3, 0.4) is 0 Å². The molecular weight excluding hydrogens is 258 g/mol. The molecule has 96 valence electrons. The van der Waals surface area contributed by atoms with E-state index in [9.17, 15) is 0 Å². The number of imidazole rings is 1. The van der Waals surface area contributed by atoms with Gasteiger partial charge in [-0.05, 0) is 36.4 Å². The second-order valence-electron chi connectivity index (χ2n) is 4.36. The van der Waals surface area contributed by atoms with Gasteiger partial charge in [-0.25, -0.2) is 4.98 Å². The molecule has 0 amide bonds. The van der Waals surface area contributed by atoms with Gasteiger partial charge in [0.25, 0.3) is 0 Å². The van der Waals surface area contributed by atoms with Crippen LogP contribution in [0.25, 0.3) is 11.0 Å². The number of benzene rings is 2. The Kier molecular flexibility index (Phi) is 3.38. The molecule has 3 aromatic rings. The summed E-state index contributed by atoms with van der Waals surface area (Å²) in [5, 5.41) is 4.12. The van der Waals surface area contributed by atoms with Crippen LogP contribution in [-0.2, 0) is 6.54 Å². The Balaban J connectivity index is 1.65. The van der Waals surface area contributed by atoms with Crippen molar-refractivity contribution in [2.24, 2.45) is 0 Å². The minimum atomic E-state index is 0.756. The lowest BCUT2D eigenvalue weighted by Crippen LogP contribution is -2.09. The van der Waals surface area contributed by atoms with Gasteiger partial charge in [0.15, 0.2) is 0 Å². The number of fused-ring (bicyclic) bond motifs is 1. The average Bonchev–Trinajstić information content (AvgIpc) is 2.85. The smallest absolute Gasteiger partial charge is 0.0958 e. The first kappa shape index (κ1) is 12.1. The summed E-state index contributed by atoms with van der Waals surface area (Å²) in [7, 11) is 0. The molecule has 2 aromatic carbocycles. The van der Waals surface area contributed by atoms with E-state index >= 15 is 0 Å². The molecule has 3 nitrogen and oxygen atoms in total. The monoisotopic (exact) mass is 271 g/mol. The molecule has 0 saturated heterocycles. The van der Waals surface area contributed by atoms with Crippen LogP contribution in [0.15, 0.2) is 54.9 Å². The van der Waals surface area contributed by atoms with Crippen molar-refractivity contribution >= 4 is 28.3 Å². The van der Waals surface area contributed by atoms with E-state index in [1.54, 1.807) is 0 Å². The van der Waals surface area contributed by atoms with E-state index in [1.165, 1.54) is 5.52 Å². The van der Waals surface area contributed by atoms with Gasteiger partial charge in [-0.2, -0.15) is 0 Å². The Morgan fingerprint density at radius 2 is 1.84 bits per heavy atom. The summed E-state index contributed by atoms with van der Waals surface area (Å²) in [6, 6.07) is 15.9. The summed E-state index contributed by atoms with van der Waals surface area (Å²) in [5.74, 6) is 0. The molecule has 19 heavy (non-hydrogen) atoms. The highest BCUT2D eigenvalue weighted by atomic mass is 35.5. The van der Waals surface area contributed by atoms with E-state index in [2.05, 4.69) is 20.9 Å². The molecule has 4 heteroatoms. The summed E-state index contributed by atoms with van der Waals surface area (Å²) >= 11 is 5.85. The van der Waals surface area contributed by atoms with Gasteiger partial charge in [0.1, 0.15) is 0 Å². The summed E-state index contributed by atoms with van der Waals surface area (Å²) in [5.41, 5.74) is 3.28. The first-order valence-corrected chi connectivity index (χ1v) is 6.60. The van der Waals surface area contributed by atoms with Crippen LogP contribution in [0.4, 0.5) is 5.69 Å². The quantitative estimate of drug-likeness (QED) is 0.782. The molecule has 0 aliphatic carbocycles. The minimum Gasteiger partial charge on any atom is -0.383 e. The third kappa shape index (κ3) is 2.71. The molecule has 0 fully saturated rings. The van der Waals surface area contributed by atoms with Gasteiger partial charge < -0.3 is 9.88 Å². The number of hydrogen-bond acceptors (Lipinski definition) is 2. The van der Waals surface area contributed by atoms with Crippen molar-refractivity contribution in [3.05, 3.63) is 59.9 Å². The topological polar surface area (TPSA) is 29.9 Å². The number of rotatable bonds is 4. The van der Waals surface area contributed by atoms with Gasteiger partial charge in [-0.1, -0.05) is 23.7 Å². The maximum absolute atomic E-state index is 5.85. The molecule has 0 aliphatic heterocycles. The van der Waals surface area contributed by atoms with E-state index in [-0.39, 0.29) is 0 Å². The maximum atomic E-state index is 5.85. The van der Waals surface area contributed by atoms with E-state index in [0.717, 1.165) is 29.3 Å². The number of aromatic nitrogens is 2. The summed E-state index contributed by atoms with van der Waals surface area (Å²) in [6.07, 6.45) is 1.88. The van der Waals surface area contributed by atoms with Crippen LogP contribution in [0, 0.1) is 0 Å². The van der Waals surface area contributed by atoms with Gasteiger partial charge in [0.05, 0.1) is 17.4 Å². The molecule has 3 rings (SSSR count). The number of hydrogen-bond donors (Lipinski definition) is 1. The fraction of sp³-hybridized carbons (Fsp3) is 0.133. The molecule has 1 aromatic heterocycles. The second kappa shape index (κ2) is 5.33. The minimum absolute atomic E-state index is 0.756. The van der Waals surface area contributed by atoms with Gasteiger partial charge in [-0.3, -0.25) is 0 Å². The van der Waals surface area contributed by atoms with E-state index in [4.69, 9.17) is 11.6 Å². The predicted molar refractivity (Wildman–Crippen MR) is 79.7 cm³/mol. The van der Waals surface area contributed by atoms with Crippen molar-refractivity contribution in [1.82, 2.24) is 9.55 Å². The van der Waals surface area contributed by atoms with Gasteiger partial charge in [0.2, 0.25) is 0 Å². The fourth-order valence-electron chi connectivity index (χ4n) is 2.08. The lowest BCUT2D eigenvalue weighted by atomic mass is 10.3. The van der Waals surface area contributed by atoms with Crippen LogP contribution in [-0.4, -0.2) is 16.1 Å². The summed E-state index contributed by atoms with van der Waals surface area (Å²) in [6.45, 7) is 1.73. The van der Waals surface area contributed by atoms with Crippen molar-refractivity contribution in [1.29, 1.82) is 0 Å². The van der Waals surface area contributed by atoms with Crippen molar-refractivity contribution in [3.8, 4) is 0 Å². The third-order valence-corrected chi connectivity index (χ3v) is 3.31. The third-order valence-electron chi connectivity index (χ3n) is 3.05. The molecule has 0 saturated carbocycles. The van der Waals surface area contributed by atoms with Crippen molar-refractivity contribution in [2.75, 3.05) is 11.9 Å². The SMILES string of the molecule is Clc1ccc(NCCn2cnc3ccccc32)cc1. The summed E-state index contributed by atoms with van der Waals surface area (Å²) in [4.78, 5) is 4.37. The molecule has 1 heterocycles. The molecule has 0 atom stereocenters. The number of anilines is 1. The zero-order valence-corrected chi connectivity index (χ0v) is 11.1. The normalized spacial score (nSPS) is 10.8. The van der Waals surface area contributed by atoms with Crippen LogP contribution in [0.1, 0.15) is 0 Å². The van der Waals surface area contributed by atoms with Crippen LogP contribution in [0.2, 0.25) is 5.02 Å². The number of halogens is 1. The summed E-state index contributed by atoms with van der Waals surface area (Å²) < 4.78 is 2.15. The van der Waals surface area contributed by atoms with Crippen molar-refractivity contribution in [2.45, 2.75) is 6.54 Å². The lowest BCUT2D eigenvalue weighted by molar-refractivity contribution is 0.749. The Morgan fingerprint density at radius 3 is 2.68 bits per heavy atom. The molecule has 0 bridgehead atoms. The van der Waals surface area contributed by atoms with E-state index in [0.29, 0.717) is 0 Å². The van der Waals surface area contributed by atoms with Crippen LogP contribution < -0.4 is 5.32 Å². The van der Waals surface area contributed by atoms with Crippen LogP contribution in [0.5, 0.6) is 0 Å². The Hall–Kier alpha value is -2.00. The second-order valence-corrected chi connectivity index (χ2v) is 4.80. The molecular formula is C15H14ClN3. The molecule has 0 radical (unpaired) electrons. The van der Waals surface area contributed by atoms with Gasteiger partial charge in [-0.15, -0.1) is 0 Å². The predicted octanol–water partition coefficient (Wildman–Crippen LogP) is 3.80. The van der Waals surface area contributed by atoms with E-state index in [1.807, 2.05) is 48.8 Å². The number of para-hydroxylation sites is 2. The van der Waals surface area contributed by atoms with E-state index < -0.39 is 0 Å². The van der Waals surface area contributed by atoms with Crippen LogP contribution >= 0.6 is 11.6 Å². The van der Waals surface area contributed by atoms with Gasteiger partial charge in [0, 0.05) is 23.8 Å².